The highest BCUT2D eigenvalue weighted by atomic mass is 35.7. The molecule has 1 aliphatic carbocycles. The summed E-state index contributed by atoms with van der Waals surface area (Å²) in [4.78, 5) is -0.160. The van der Waals surface area contributed by atoms with Crippen molar-refractivity contribution in [2.24, 2.45) is 0 Å². The number of halogens is 1. The molecular formula is C9H9ClO4S2. The van der Waals surface area contributed by atoms with Gasteiger partial charge in [-0.25, -0.2) is 16.8 Å². The second kappa shape index (κ2) is 3.72. The third-order valence-corrected chi connectivity index (χ3v) is 5.99. The molecule has 0 unspecified atom stereocenters. The Morgan fingerprint density at radius 1 is 1.06 bits per heavy atom. The number of hydrogen-bond acceptors (Lipinski definition) is 4. The molecular weight excluding hydrogens is 272 g/mol. The van der Waals surface area contributed by atoms with Crippen LogP contribution in [0.3, 0.4) is 0 Å². The van der Waals surface area contributed by atoms with Crippen molar-refractivity contribution < 1.29 is 16.8 Å². The molecule has 0 amide bonds. The molecule has 0 aromatic heterocycles. The molecule has 4 nitrogen and oxygen atoms in total. The highest BCUT2D eigenvalue weighted by molar-refractivity contribution is 8.13. The van der Waals surface area contributed by atoms with E-state index in [2.05, 4.69) is 0 Å². The van der Waals surface area contributed by atoms with E-state index in [1.54, 1.807) is 0 Å². The quantitative estimate of drug-likeness (QED) is 0.788. The molecule has 0 N–H and O–H groups in total. The van der Waals surface area contributed by atoms with Gasteiger partial charge in [-0.15, -0.1) is 0 Å². The van der Waals surface area contributed by atoms with Crippen LogP contribution < -0.4 is 0 Å². The molecule has 1 fully saturated rings. The van der Waals surface area contributed by atoms with E-state index in [9.17, 15) is 16.8 Å². The second-order valence-corrected chi connectivity index (χ2v) is 8.45. The number of benzene rings is 1. The Bertz CT molecular complexity index is 615. The fraction of sp³-hybridized carbons (Fsp3) is 0.333. The molecule has 2 rings (SSSR count). The molecule has 1 aromatic rings. The van der Waals surface area contributed by atoms with Gasteiger partial charge in [-0.1, -0.05) is 6.07 Å². The van der Waals surface area contributed by atoms with Crippen molar-refractivity contribution in [2.45, 2.75) is 27.9 Å². The van der Waals surface area contributed by atoms with Crippen molar-refractivity contribution in [3.05, 3.63) is 24.3 Å². The van der Waals surface area contributed by atoms with Crippen LogP contribution in [0.4, 0.5) is 0 Å². The van der Waals surface area contributed by atoms with E-state index in [-0.39, 0.29) is 15.0 Å². The molecule has 0 radical (unpaired) electrons. The molecule has 88 valence electrons. The van der Waals surface area contributed by atoms with Crippen molar-refractivity contribution in [3.63, 3.8) is 0 Å². The molecule has 0 bridgehead atoms. The minimum Gasteiger partial charge on any atom is -0.223 e. The highest BCUT2D eigenvalue weighted by Gasteiger charge is 2.37. The second-order valence-electron chi connectivity index (χ2n) is 3.66. The van der Waals surface area contributed by atoms with E-state index >= 15 is 0 Å². The predicted octanol–water partition coefficient (Wildman–Crippen LogP) is 1.55. The third-order valence-electron chi connectivity index (χ3n) is 2.38. The van der Waals surface area contributed by atoms with Crippen molar-refractivity contribution in [1.29, 1.82) is 0 Å². The minimum atomic E-state index is -3.88. The van der Waals surface area contributed by atoms with E-state index in [1.165, 1.54) is 18.2 Å². The van der Waals surface area contributed by atoms with Gasteiger partial charge in [0.1, 0.15) is 0 Å². The van der Waals surface area contributed by atoms with Gasteiger partial charge in [-0.3, -0.25) is 0 Å². The molecule has 0 spiro atoms. The van der Waals surface area contributed by atoms with Gasteiger partial charge in [-0.05, 0) is 31.0 Å². The van der Waals surface area contributed by atoms with Crippen molar-refractivity contribution >= 4 is 29.6 Å². The summed E-state index contributed by atoms with van der Waals surface area (Å²) in [5, 5.41) is -0.360. The topological polar surface area (TPSA) is 68.3 Å². The Morgan fingerprint density at radius 2 is 1.62 bits per heavy atom. The summed E-state index contributed by atoms with van der Waals surface area (Å²) >= 11 is 0. The first-order valence-corrected chi connectivity index (χ1v) is 8.46. The zero-order chi connectivity index (χ0) is 12.0. The summed E-state index contributed by atoms with van der Waals surface area (Å²) in [6, 6.07) is 5.15. The Labute approximate surface area is 98.6 Å². The van der Waals surface area contributed by atoms with Gasteiger partial charge in [0, 0.05) is 10.7 Å². The van der Waals surface area contributed by atoms with Crippen LogP contribution in [-0.2, 0) is 18.9 Å². The number of sulfone groups is 1. The van der Waals surface area contributed by atoms with Crippen LogP contribution in [0.25, 0.3) is 0 Å². The molecule has 0 saturated heterocycles. The Balaban J connectivity index is 2.52. The molecule has 1 aromatic carbocycles. The standard InChI is InChI=1S/C9H9ClO4S2/c10-16(13,14)9-3-1-2-8(6-9)15(11,12)7-4-5-7/h1-3,6-7H,4-5H2. The maximum absolute atomic E-state index is 11.8. The summed E-state index contributed by atoms with van der Waals surface area (Å²) < 4.78 is 45.8. The van der Waals surface area contributed by atoms with Crippen molar-refractivity contribution in [3.8, 4) is 0 Å². The number of hydrogen-bond donors (Lipinski definition) is 0. The SMILES string of the molecule is O=S(=O)(Cl)c1cccc(S(=O)(=O)C2CC2)c1. The van der Waals surface area contributed by atoms with Crippen LogP contribution >= 0.6 is 10.7 Å². The molecule has 16 heavy (non-hydrogen) atoms. The normalized spacial score (nSPS) is 17.3. The van der Waals surface area contributed by atoms with E-state index in [4.69, 9.17) is 10.7 Å². The minimum absolute atomic E-state index is 0.0247. The maximum Gasteiger partial charge on any atom is 0.261 e. The average molecular weight is 281 g/mol. The zero-order valence-corrected chi connectivity index (χ0v) is 10.5. The predicted molar refractivity (Wildman–Crippen MR) is 59.7 cm³/mol. The molecule has 1 aliphatic rings. The van der Waals surface area contributed by atoms with E-state index in [0.717, 1.165) is 6.07 Å². The van der Waals surface area contributed by atoms with Gasteiger partial charge in [0.05, 0.1) is 15.0 Å². The van der Waals surface area contributed by atoms with Crippen LogP contribution in [-0.4, -0.2) is 22.1 Å². The lowest BCUT2D eigenvalue weighted by molar-refractivity contribution is 0.594. The van der Waals surface area contributed by atoms with Gasteiger partial charge in [0.2, 0.25) is 0 Å². The third kappa shape index (κ3) is 2.23. The van der Waals surface area contributed by atoms with Gasteiger partial charge in [0.15, 0.2) is 9.84 Å². The molecule has 0 heterocycles. The van der Waals surface area contributed by atoms with Crippen molar-refractivity contribution in [1.82, 2.24) is 0 Å². The van der Waals surface area contributed by atoms with E-state index in [1.807, 2.05) is 0 Å². The first-order valence-electron chi connectivity index (χ1n) is 4.60. The maximum atomic E-state index is 11.8. The molecule has 7 heteroatoms. The van der Waals surface area contributed by atoms with E-state index in [0.29, 0.717) is 12.8 Å². The largest absolute Gasteiger partial charge is 0.261 e. The van der Waals surface area contributed by atoms with Crippen LogP contribution in [0, 0.1) is 0 Å². The molecule has 1 saturated carbocycles. The summed E-state index contributed by atoms with van der Waals surface area (Å²) in [5.74, 6) is 0. The fourth-order valence-corrected chi connectivity index (χ4v) is 3.95. The molecule has 0 atom stereocenters. The van der Waals surface area contributed by atoms with Crippen LogP contribution in [0.15, 0.2) is 34.1 Å². The average Bonchev–Trinajstić information content (AvgIpc) is 3.00. The summed E-state index contributed by atoms with van der Waals surface area (Å²) in [7, 11) is -2.10. The smallest absolute Gasteiger partial charge is 0.223 e. The summed E-state index contributed by atoms with van der Waals surface area (Å²) in [5.41, 5.74) is 0. The van der Waals surface area contributed by atoms with Crippen LogP contribution in [0.5, 0.6) is 0 Å². The summed E-state index contributed by atoms with van der Waals surface area (Å²) in [6.45, 7) is 0. The van der Waals surface area contributed by atoms with E-state index < -0.39 is 18.9 Å². The lowest BCUT2D eigenvalue weighted by Gasteiger charge is -2.03. The Kier molecular flexibility index (Phi) is 2.76. The van der Waals surface area contributed by atoms with Gasteiger partial charge in [-0.2, -0.15) is 0 Å². The number of rotatable bonds is 3. The fourth-order valence-electron chi connectivity index (χ4n) is 1.37. The van der Waals surface area contributed by atoms with Gasteiger partial charge < -0.3 is 0 Å². The molecule has 0 aliphatic heterocycles. The first-order chi connectivity index (χ1) is 7.32. The van der Waals surface area contributed by atoms with Crippen LogP contribution in [0.2, 0.25) is 0 Å². The lowest BCUT2D eigenvalue weighted by Crippen LogP contribution is -2.07. The van der Waals surface area contributed by atoms with Crippen LogP contribution in [0.1, 0.15) is 12.8 Å². The Morgan fingerprint density at radius 3 is 2.12 bits per heavy atom. The van der Waals surface area contributed by atoms with Gasteiger partial charge >= 0.3 is 0 Å². The zero-order valence-electron chi connectivity index (χ0n) is 8.13. The first kappa shape index (κ1) is 11.9. The Hall–Kier alpha value is -0.590. The van der Waals surface area contributed by atoms with Gasteiger partial charge in [0.25, 0.3) is 9.05 Å². The highest BCUT2D eigenvalue weighted by Crippen LogP contribution is 2.34. The summed E-state index contributed by atoms with van der Waals surface area (Å²) in [6.07, 6.45) is 1.28. The lowest BCUT2D eigenvalue weighted by atomic mass is 10.4. The van der Waals surface area contributed by atoms with Crippen molar-refractivity contribution in [2.75, 3.05) is 0 Å². The monoisotopic (exact) mass is 280 g/mol.